The maximum Gasteiger partial charge on any atom is 0.215 e. The topological polar surface area (TPSA) is 24.8 Å². The van der Waals surface area contributed by atoms with Crippen LogP contribution in [0, 0.1) is 0 Å². The van der Waals surface area contributed by atoms with Gasteiger partial charge in [-0.3, -0.25) is 0 Å². The van der Waals surface area contributed by atoms with E-state index in [1.165, 1.54) is 0 Å². The van der Waals surface area contributed by atoms with E-state index in [1.807, 2.05) is 47.5 Å². The summed E-state index contributed by atoms with van der Waals surface area (Å²) >= 11 is 17.3. The Balaban J connectivity index is 1.65. The van der Waals surface area contributed by atoms with Crippen molar-refractivity contribution in [3.05, 3.63) is 95.8 Å². The van der Waals surface area contributed by atoms with Crippen molar-refractivity contribution in [3.8, 4) is 5.75 Å². The standard InChI is InChI=1S/C22H14Br3ClN2O/c23-13-7-5-12(6-8-13)19-11-20-16-9-14(24)10-17(25)21(16)29-22(28(20)27-19)15-3-1-2-4-18(15)26/h1-10,20,22H,11H2. The minimum Gasteiger partial charge on any atom is -0.463 e. The molecular formula is C22H14Br3ClN2O. The molecule has 5 rings (SSSR count). The Hall–Kier alpha value is -1.34. The molecule has 0 N–H and O–H groups in total. The van der Waals surface area contributed by atoms with Gasteiger partial charge < -0.3 is 4.74 Å². The lowest BCUT2D eigenvalue weighted by Gasteiger charge is -2.39. The Kier molecular flexibility index (Phi) is 5.23. The van der Waals surface area contributed by atoms with E-state index in [9.17, 15) is 0 Å². The highest BCUT2D eigenvalue weighted by molar-refractivity contribution is 9.11. The second kappa shape index (κ2) is 7.73. The smallest absolute Gasteiger partial charge is 0.215 e. The van der Waals surface area contributed by atoms with E-state index in [2.05, 4.69) is 66.0 Å². The Labute approximate surface area is 199 Å². The number of fused-ring (bicyclic) bond motifs is 3. The van der Waals surface area contributed by atoms with Crippen LogP contribution < -0.4 is 4.74 Å². The summed E-state index contributed by atoms with van der Waals surface area (Å²) in [5.74, 6) is 0.839. The normalized spacial score (nSPS) is 20.0. The monoisotopic (exact) mass is 594 g/mol. The van der Waals surface area contributed by atoms with Gasteiger partial charge in [0.2, 0.25) is 6.23 Å². The Morgan fingerprint density at radius 3 is 2.45 bits per heavy atom. The molecular weight excluding hydrogens is 583 g/mol. The summed E-state index contributed by atoms with van der Waals surface area (Å²) in [5.41, 5.74) is 4.15. The van der Waals surface area contributed by atoms with Gasteiger partial charge in [-0.1, -0.05) is 73.8 Å². The van der Waals surface area contributed by atoms with E-state index in [0.717, 1.165) is 48.0 Å². The van der Waals surface area contributed by atoms with Crippen LogP contribution in [0.4, 0.5) is 0 Å². The first-order chi connectivity index (χ1) is 14.0. The van der Waals surface area contributed by atoms with Gasteiger partial charge >= 0.3 is 0 Å². The molecule has 7 heteroatoms. The first-order valence-electron chi connectivity index (χ1n) is 9.03. The zero-order valence-electron chi connectivity index (χ0n) is 14.9. The zero-order valence-corrected chi connectivity index (χ0v) is 20.5. The molecule has 3 nitrogen and oxygen atoms in total. The highest BCUT2D eigenvalue weighted by atomic mass is 79.9. The number of hydrazone groups is 1. The highest BCUT2D eigenvalue weighted by Gasteiger charge is 2.42. The van der Waals surface area contributed by atoms with E-state index >= 15 is 0 Å². The van der Waals surface area contributed by atoms with Crippen molar-refractivity contribution in [2.24, 2.45) is 5.10 Å². The van der Waals surface area contributed by atoms with Crippen LogP contribution in [0.5, 0.6) is 5.75 Å². The molecule has 0 saturated heterocycles. The Bertz CT molecular complexity index is 1130. The maximum absolute atomic E-state index is 6.53. The van der Waals surface area contributed by atoms with Crippen LogP contribution in [0.15, 0.2) is 79.2 Å². The predicted molar refractivity (Wildman–Crippen MR) is 127 cm³/mol. The summed E-state index contributed by atoms with van der Waals surface area (Å²) in [6.45, 7) is 0. The summed E-state index contributed by atoms with van der Waals surface area (Å²) in [6.07, 6.45) is 0.397. The molecule has 2 heterocycles. The quantitative estimate of drug-likeness (QED) is 0.301. The van der Waals surface area contributed by atoms with Gasteiger partial charge in [0.15, 0.2) is 0 Å². The molecule has 0 bridgehead atoms. The molecule has 0 saturated carbocycles. The Morgan fingerprint density at radius 2 is 1.69 bits per heavy atom. The molecule has 2 aliphatic heterocycles. The zero-order chi connectivity index (χ0) is 20.1. The van der Waals surface area contributed by atoms with E-state index in [-0.39, 0.29) is 6.04 Å². The molecule has 146 valence electrons. The number of halogens is 4. The number of ether oxygens (including phenoxy) is 1. The summed E-state index contributed by atoms with van der Waals surface area (Å²) in [5, 5.41) is 7.70. The Morgan fingerprint density at radius 1 is 0.931 bits per heavy atom. The van der Waals surface area contributed by atoms with Crippen LogP contribution in [0.3, 0.4) is 0 Å². The number of hydrogen-bond donors (Lipinski definition) is 0. The number of benzene rings is 3. The van der Waals surface area contributed by atoms with Crippen molar-refractivity contribution < 1.29 is 4.74 Å². The number of nitrogens with zero attached hydrogens (tertiary/aromatic N) is 2. The first kappa shape index (κ1) is 19.6. The molecule has 2 atom stereocenters. The molecule has 0 fully saturated rings. The van der Waals surface area contributed by atoms with Crippen LogP contribution in [-0.2, 0) is 0 Å². The summed E-state index contributed by atoms with van der Waals surface area (Å²) in [7, 11) is 0. The lowest BCUT2D eigenvalue weighted by atomic mass is 9.96. The molecule has 0 aliphatic carbocycles. The molecule has 3 aromatic carbocycles. The van der Waals surface area contributed by atoms with E-state index in [4.69, 9.17) is 21.4 Å². The van der Waals surface area contributed by atoms with E-state index in [1.54, 1.807) is 0 Å². The molecule has 0 amide bonds. The van der Waals surface area contributed by atoms with Crippen molar-refractivity contribution in [2.45, 2.75) is 18.7 Å². The fourth-order valence-corrected chi connectivity index (χ4v) is 5.66. The third kappa shape index (κ3) is 3.54. The van der Waals surface area contributed by atoms with Crippen molar-refractivity contribution in [3.63, 3.8) is 0 Å². The fourth-order valence-electron chi connectivity index (χ4n) is 3.81. The van der Waals surface area contributed by atoms with Gasteiger partial charge in [0.25, 0.3) is 0 Å². The summed E-state index contributed by atoms with van der Waals surface area (Å²) < 4.78 is 9.42. The largest absolute Gasteiger partial charge is 0.463 e. The van der Waals surface area contributed by atoms with E-state index < -0.39 is 6.23 Å². The van der Waals surface area contributed by atoms with Gasteiger partial charge in [0.1, 0.15) is 5.75 Å². The van der Waals surface area contributed by atoms with Gasteiger partial charge in [0.05, 0.1) is 16.2 Å². The second-order valence-corrected chi connectivity index (χ2v) is 10.0. The predicted octanol–water partition coefficient (Wildman–Crippen LogP) is 7.87. The molecule has 2 unspecified atom stereocenters. The molecule has 29 heavy (non-hydrogen) atoms. The van der Waals surface area contributed by atoms with Crippen LogP contribution in [0.2, 0.25) is 5.02 Å². The third-order valence-electron chi connectivity index (χ3n) is 5.16. The van der Waals surface area contributed by atoms with Gasteiger partial charge in [-0.2, -0.15) is 5.10 Å². The van der Waals surface area contributed by atoms with Crippen molar-refractivity contribution in [2.75, 3.05) is 0 Å². The minimum absolute atomic E-state index is 0.0625. The fraction of sp³-hybridized carbons (Fsp3) is 0.136. The summed E-state index contributed by atoms with van der Waals surface area (Å²) in [6, 6.07) is 20.2. The molecule has 0 spiro atoms. The van der Waals surface area contributed by atoms with Crippen molar-refractivity contribution >= 4 is 65.1 Å². The second-order valence-electron chi connectivity index (χ2n) is 6.95. The van der Waals surface area contributed by atoms with Crippen molar-refractivity contribution in [1.82, 2.24) is 5.01 Å². The molecule has 0 aromatic heterocycles. The minimum atomic E-state index is -0.397. The van der Waals surface area contributed by atoms with Crippen LogP contribution >= 0.6 is 59.4 Å². The SMILES string of the molecule is Clc1ccccc1C1Oc2c(Br)cc(Br)cc2C2CC(c3ccc(Br)cc3)=NN21. The van der Waals surface area contributed by atoms with Gasteiger partial charge in [0, 0.05) is 31.5 Å². The van der Waals surface area contributed by atoms with Gasteiger partial charge in [-0.15, -0.1) is 0 Å². The number of rotatable bonds is 2. The lowest BCUT2D eigenvalue weighted by molar-refractivity contribution is -0.0196. The van der Waals surface area contributed by atoms with Crippen molar-refractivity contribution in [1.29, 1.82) is 0 Å². The molecule has 0 radical (unpaired) electrons. The van der Waals surface area contributed by atoms with Crippen LogP contribution in [-0.4, -0.2) is 10.7 Å². The average Bonchev–Trinajstić information content (AvgIpc) is 3.14. The third-order valence-corrected chi connectivity index (χ3v) is 7.08. The lowest BCUT2D eigenvalue weighted by Crippen LogP contribution is -2.34. The summed E-state index contributed by atoms with van der Waals surface area (Å²) in [4.78, 5) is 0. The van der Waals surface area contributed by atoms with Gasteiger partial charge in [-0.05, 0) is 51.8 Å². The maximum atomic E-state index is 6.53. The first-order valence-corrected chi connectivity index (χ1v) is 11.8. The highest BCUT2D eigenvalue weighted by Crippen LogP contribution is 2.51. The molecule has 3 aromatic rings. The van der Waals surface area contributed by atoms with E-state index in [0.29, 0.717) is 5.02 Å². The number of hydrogen-bond acceptors (Lipinski definition) is 3. The van der Waals surface area contributed by atoms with Crippen LogP contribution in [0.25, 0.3) is 0 Å². The van der Waals surface area contributed by atoms with Gasteiger partial charge in [-0.25, -0.2) is 5.01 Å². The molecule has 2 aliphatic rings. The van der Waals surface area contributed by atoms with Crippen LogP contribution in [0.1, 0.15) is 35.4 Å². The average molecular weight is 598 g/mol.